The van der Waals surface area contributed by atoms with Gasteiger partial charge in [-0.15, -0.1) is 0 Å². The Morgan fingerprint density at radius 2 is 2.09 bits per heavy atom. The molecule has 1 saturated carbocycles. The molecule has 1 fully saturated rings. The first kappa shape index (κ1) is 21.4. The number of pyridine rings is 1. The van der Waals surface area contributed by atoms with Gasteiger partial charge in [0.2, 0.25) is 12.7 Å². The Morgan fingerprint density at radius 3 is 2.79 bits per heavy atom. The first-order valence-electron chi connectivity index (χ1n) is 10.3. The topological polar surface area (TPSA) is 96.5 Å². The summed E-state index contributed by atoms with van der Waals surface area (Å²) in [5.74, 6) is 2.27. The zero-order valence-electron chi connectivity index (χ0n) is 18.1. The van der Waals surface area contributed by atoms with Crippen molar-refractivity contribution in [2.45, 2.75) is 30.2 Å². The highest BCUT2D eigenvalue weighted by Crippen LogP contribution is 2.45. The summed E-state index contributed by atoms with van der Waals surface area (Å²) in [6.07, 6.45) is 5.77. The molecule has 0 atom stereocenters. The maximum absolute atomic E-state index is 13.2. The van der Waals surface area contributed by atoms with Gasteiger partial charge in [0.15, 0.2) is 11.4 Å². The maximum atomic E-state index is 13.2. The van der Waals surface area contributed by atoms with E-state index < -0.39 is 6.86 Å². The molecule has 0 saturated heterocycles. The van der Waals surface area contributed by atoms with E-state index in [-0.39, 0.29) is 0 Å². The van der Waals surface area contributed by atoms with Crippen LogP contribution in [0.25, 0.3) is 11.0 Å². The Bertz CT molecular complexity index is 1230. The lowest BCUT2D eigenvalue weighted by molar-refractivity contribution is 0.194. The minimum atomic E-state index is -0.980. The van der Waals surface area contributed by atoms with Crippen LogP contribution in [0.1, 0.15) is 30.0 Å². The molecule has 4 aromatic rings. The van der Waals surface area contributed by atoms with Crippen molar-refractivity contribution in [1.29, 1.82) is 0 Å². The van der Waals surface area contributed by atoms with Gasteiger partial charge in [-0.3, -0.25) is 4.68 Å². The number of halogens is 1. The van der Waals surface area contributed by atoms with Gasteiger partial charge >= 0.3 is 0 Å². The van der Waals surface area contributed by atoms with Crippen molar-refractivity contribution >= 4 is 28.7 Å². The van der Waals surface area contributed by atoms with Crippen molar-refractivity contribution in [3.8, 4) is 17.4 Å². The molecule has 5 rings (SSSR count). The van der Waals surface area contributed by atoms with Gasteiger partial charge in [0.05, 0.1) is 26.5 Å². The lowest BCUT2D eigenvalue weighted by Crippen LogP contribution is -2.01. The third kappa shape index (κ3) is 4.40. The van der Waals surface area contributed by atoms with E-state index in [1.54, 1.807) is 31.2 Å². The van der Waals surface area contributed by atoms with Gasteiger partial charge in [-0.05, 0) is 48.6 Å². The molecular weight excluding hydrogens is 449 g/mol. The van der Waals surface area contributed by atoms with Crippen LogP contribution in [-0.4, -0.2) is 41.0 Å². The molecule has 33 heavy (non-hydrogen) atoms. The summed E-state index contributed by atoms with van der Waals surface area (Å²) < 4.78 is 39.9. The molecule has 3 aromatic heterocycles. The fraction of sp³-hybridized carbons (Fsp3) is 0.318. The van der Waals surface area contributed by atoms with Crippen LogP contribution in [-0.2, 0) is 6.54 Å². The van der Waals surface area contributed by atoms with Crippen LogP contribution in [0.4, 0.5) is 10.2 Å². The van der Waals surface area contributed by atoms with Gasteiger partial charge < -0.3 is 23.5 Å². The number of hydrogen-bond donors (Lipinski definition) is 1. The predicted octanol–water partition coefficient (Wildman–Crippen LogP) is 4.79. The van der Waals surface area contributed by atoms with E-state index in [4.69, 9.17) is 18.7 Å². The zero-order chi connectivity index (χ0) is 22.8. The fourth-order valence-corrected chi connectivity index (χ4v) is 4.38. The summed E-state index contributed by atoms with van der Waals surface area (Å²) in [5, 5.41) is 8.86. The van der Waals surface area contributed by atoms with E-state index in [1.165, 1.54) is 11.9 Å². The van der Waals surface area contributed by atoms with E-state index in [0.717, 1.165) is 24.1 Å². The normalized spacial score (nSPS) is 13.3. The van der Waals surface area contributed by atoms with E-state index in [1.807, 2.05) is 24.4 Å². The summed E-state index contributed by atoms with van der Waals surface area (Å²) in [7, 11) is 3.18. The summed E-state index contributed by atoms with van der Waals surface area (Å²) in [4.78, 5) is 5.30. The first-order chi connectivity index (χ1) is 16.2. The number of rotatable bonds is 10. The molecule has 0 spiro atoms. The van der Waals surface area contributed by atoms with Crippen LogP contribution in [0.2, 0.25) is 0 Å². The van der Waals surface area contributed by atoms with E-state index in [9.17, 15) is 4.39 Å². The number of nitrogens with one attached hydrogen (secondary N) is 1. The van der Waals surface area contributed by atoms with Gasteiger partial charge in [-0.25, -0.2) is 9.37 Å². The molecular formula is C22H22FN5O4S. The van der Waals surface area contributed by atoms with Gasteiger partial charge in [0.25, 0.3) is 0 Å². The highest BCUT2D eigenvalue weighted by Gasteiger charge is 2.28. The van der Waals surface area contributed by atoms with Crippen LogP contribution in [0.3, 0.4) is 0 Å². The lowest BCUT2D eigenvalue weighted by Gasteiger charge is -2.14. The van der Waals surface area contributed by atoms with E-state index in [0.29, 0.717) is 51.5 Å². The van der Waals surface area contributed by atoms with Crippen LogP contribution < -0.4 is 18.9 Å². The molecule has 0 unspecified atom stereocenters. The number of anilines is 1. The second-order valence-corrected chi connectivity index (χ2v) is 8.34. The van der Waals surface area contributed by atoms with Crippen molar-refractivity contribution in [2.75, 3.05) is 25.8 Å². The minimum Gasteiger partial charge on any atom is -0.495 e. The molecule has 0 amide bonds. The number of nitrogens with zero attached hydrogens (tertiary/aromatic N) is 4. The third-order valence-electron chi connectivity index (χ3n) is 5.30. The highest BCUT2D eigenvalue weighted by molar-refractivity contribution is 8.00. The SMILES string of the molecule is COc1cc(C2CC2)nc(OC)c1SNc1noc2cc(Cn3cccn3)cc(OCF)c12. The molecule has 0 radical (unpaired) electrons. The van der Waals surface area contributed by atoms with Crippen molar-refractivity contribution < 1.29 is 23.1 Å². The molecule has 0 bridgehead atoms. The number of hydrogen-bond acceptors (Lipinski definition) is 9. The predicted molar refractivity (Wildman–Crippen MR) is 121 cm³/mol. The lowest BCUT2D eigenvalue weighted by atomic mass is 10.1. The number of benzene rings is 1. The summed E-state index contributed by atoms with van der Waals surface area (Å²) in [5.41, 5.74) is 2.27. The smallest absolute Gasteiger partial charge is 0.233 e. The average Bonchev–Trinajstić information content (AvgIpc) is 3.41. The van der Waals surface area contributed by atoms with Crippen LogP contribution in [0.5, 0.6) is 17.4 Å². The zero-order valence-corrected chi connectivity index (χ0v) is 18.9. The number of alkyl halides is 1. The Hall–Kier alpha value is -3.47. The van der Waals surface area contributed by atoms with Gasteiger partial charge in [0.1, 0.15) is 21.8 Å². The third-order valence-corrected chi connectivity index (χ3v) is 6.17. The average molecular weight is 472 g/mol. The highest BCUT2D eigenvalue weighted by atomic mass is 32.2. The van der Waals surface area contributed by atoms with E-state index in [2.05, 4.69) is 20.0 Å². The Morgan fingerprint density at radius 1 is 1.21 bits per heavy atom. The molecule has 1 N–H and O–H groups in total. The van der Waals surface area contributed by atoms with Crippen molar-refractivity contribution in [1.82, 2.24) is 19.9 Å². The molecule has 172 valence electrons. The summed E-state index contributed by atoms with van der Waals surface area (Å²) in [6, 6.07) is 7.35. The molecule has 1 aliphatic carbocycles. The standard InChI is InChI=1S/C22H22FN5O4S/c1-29-18-10-15(14-4-5-14)25-22(30-2)20(18)33-27-21-19-16(31-12-23)8-13(9-17(19)32-26-21)11-28-7-3-6-24-28/h3,6-10,14H,4-5,11-12H2,1-2H3,(H,26,27). The van der Waals surface area contributed by atoms with Gasteiger partial charge in [-0.2, -0.15) is 5.10 Å². The molecule has 9 nitrogen and oxygen atoms in total. The second kappa shape index (κ2) is 9.18. The minimum absolute atomic E-state index is 0.322. The quantitative estimate of drug-likeness (QED) is 0.328. The van der Waals surface area contributed by atoms with Crippen molar-refractivity contribution in [3.05, 3.63) is 47.9 Å². The molecule has 1 aromatic carbocycles. The van der Waals surface area contributed by atoms with Crippen molar-refractivity contribution in [2.24, 2.45) is 0 Å². The molecule has 0 aliphatic heterocycles. The summed E-state index contributed by atoms with van der Waals surface area (Å²) >= 11 is 1.22. The number of fused-ring (bicyclic) bond motifs is 1. The Kier molecular flexibility index (Phi) is 5.95. The van der Waals surface area contributed by atoms with Gasteiger partial charge in [-0.1, -0.05) is 5.16 Å². The number of methoxy groups -OCH3 is 2. The summed E-state index contributed by atoms with van der Waals surface area (Å²) in [6.45, 7) is -0.497. The number of aromatic nitrogens is 4. The molecule has 3 heterocycles. The van der Waals surface area contributed by atoms with Crippen LogP contribution in [0.15, 0.2) is 46.1 Å². The Labute approximate surface area is 193 Å². The van der Waals surface area contributed by atoms with Crippen molar-refractivity contribution in [3.63, 3.8) is 0 Å². The monoisotopic (exact) mass is 471 g/mol. The Balaban J connectivity index is 1.45. The largest absolute Gasteiger partial charge is 0.495 e. The fourth-order valence-electron chi connectivity index (χ4n) is 3.58. The second-order valence-electron chi connectivity index (χ2n) is 7.52. The molecule has 11 heteroatoms. The molecule has 1 aliphatic rings. The number of ether oxygens (including phenoxy) is 3. The van der Waals surface area contributed by atoms with Crippen LogP contribution >= 0.6 is 11.9 Å². The maximum Gasteiger partial charge on any atom is 0.233 e. The van der Waals surface area contributed by atoms with E-state index >= 15 is 0 Å². The van der Waals surface area contributed by atoms with Gasteiger partial charge in [0, 0.05) is 24.4 Å². The first-order valence-corrected chi connectivity index (χ1v) is 11.2. The van der Waals surface area contributed by atoms with Crippen LogP contribution in [0, 0.1) is 0 Å².